The van der Waals surface area contributed by atoms with E-state index in [2.05, 4.69) is 12.6 Å². The Bertz CT molecular complexity index is 341. The van der Waals surface area contributed by atoms with Crippen LogP contribution in [0.3, 0.4) is 0 Å². The molecule has 1 fully saturated rings. The van der Waals surface area contributed by atoms with Crippen molar-refractivity contribution in [2.45, 2.75) is 24.2 Å². The highest BCUT2D eigenvalue weighted by atomic mass is 32.1. The fraction of sp³-hybridized carbons (Fsp3) is 0.417. The highest BCUT2D eigenvalue weighted by Gasteiger charge is 2.21. The van der Waals surface area contributed by atoms with E-state index in [9.17, 15) is 4.79 Å². The lowest BCUT2D eigenvalue weighted by Crippen LogP contribution is -2.06. The smallest absolute Gasteiger partial charge is 0.338 e. The highest BCUT2D eigenvalue weighted by molar-refractivity contribution is 7.80. The molecular weight excluding hydrogens is 208 g/mol. The first-order chi connectivity index (χ1) is 7.25. The van der Waals surface area contributed by atoms with Crippen LogP contribution in [0.25, 0.3) is 0 Å². The van der Waals surface area contributed by atoms with Crippen molar-refractivity contribution < 1.29 is 9.53 Å². The number of rotatable bonds is 4. The molecule has 0 aromatic heterocycles. The van der Waals surface area contributed by atoms with Gasteiger partial charge in [0.25, 0.3) is 0 Å². The first kappa shape index (κ1) is 10.6. The first-order valence-corrected chi connectivity index (χ1v) is 5.66. The van der Waals surface area contributed by atoms with Crippen LogP contribution in [0.2, 0.25) is 0 Å². The molecule has 2 nitrogen and oxygen atoms in total. The molecule has 0 unspecified atom stereocenters. The molecule has 0 amide bonds. The van der Waals surface area contributed by atoms with E-state index in [1.54, 1.807) is 24.3 Å². The summed E-state index contributed by atoms with van der Waals surface area (Å²) in [5, 5.41) is 0. The van der Waals surface area contributed by atoms with Crippen molar-refractivity contribution in [3.8, 4) is 0 Å². The molecule has 2 rings (SSSR count). The highest BCUT2D eigenvalue weighted by Crippen LogP contribution is 2.32. The Morgan fingerprint density at radius 3 is 2.60 bits per heavy atom. The zero-order valence-electron chi connectivity index (χ0n) is 8.48. The number of carbonyl (C=O) groups excluding carboxylic acids is 1. The Balaban J connectivity index is 1.81. The molecule has 0 heterocycles. The van der Waals surface area contributed by atoms with Crippen LogP contribution in [0.15, 0.2) is 29.2 Å². The topological polar surface area (TPSA) is 26.3 Å². The quantitative estimate of drug-likeness (QED) is 0.626. The molecule has 1 aliphatic carbocycles. The predicted molar refractivity (Wildman–Crippen MR) is 61.3 cm³/mol. The molecule has 80 valence electrons. The minimum absolute atomic E-state index is 0.232. The summed E-state index contributed by atoms with van der Waals surface area (Å²) in [7, 11) is 0. The Labute approximate surface area is 95.0 Å². The molecule has 0 aliphatic heterocycles. The van der Waals surface area contributed by atoms with E-state index in [0.29, 0.717) is 12.2 Å². The molecule has 0 spiro atoms. The monoisotopic (exact) mass is 222 g/mol. The van der Waals surface area contributed by atoms with Gasteiger partial charge in [0.2, 0.25) is 0 Å². The van der Waals surface area contributed by atoms with Gasteiger partial charge in [0.05, 0.1) is 12.2 Å². The van der Waals surface area contributed by atoms with Crippen molar-refractivity contribution in [1.82, 2.24) is 0 Å². The summed E-state index contributed by atoms with van der Waals surface area (Å²) in [5.74, 6) is 0.571. The maximum atomic E-state index is 11.5. The second-order valence-corrected chi connectivity index (χ2v) is 4.43. The SMILES string of the molecule is O=C(OCCC1CC1)c1ccc(S)cc1. The summed E-state index contributed by atoms with van der Waals surface area (Å²) in [6.45, 7) is 0.548. The van der Waals surface area contributed by atoms with Gasteiger partial charge in [-0.15, -0.1) is 12.6 Å². The molecule has 15 heavy (non-hydrogen) atoms. The van der Waals surface area contributed by atoms with Crippen molar-refractivity contribution in [1.29, 1.82) is 0 Å². The van der Waals surface area contributed by atoms with E-state index in [0.717, 1.165) is 17.2 Å². The first-order valence-electron chi connectivity index (χ1n) is 5.22. The van der Waals surface area contributed by atoms with Crippen LogP contribution in [-0.4, -0.2) is 12.6 Å². The summed E-state index contributed by atoms with van der Waals surface area (Å²) >= 11 is 4.15. The van der Waals surface area contributed by atoms with E-state index in [-0.39, 0.29) is 5.97 Å². The standard InChI is InChI=1S/C12H14O2S/c13-12(14-8-7-9-1-2-9)10-3-5-11(15)6-4-10/h3-6,9,15H,1-2,7-8H2. The van der Waals surface area contributed by atoms with E-state index >= 15 is 0 Å². The van der Waals surface area contributed by atoms with E-state index in [1.165, 1.54) is 12.8 Å². The van der Waals surface area contributed by atoms with Crippen molar-refractivity contribution in [2.24, 2.45) is 5.92 Å². The van der Waals surface area contributed by atoms with E-state index in [1.807, 2.05) is 0 Å². The Morgan fingerprint density at radius 2 is 2.00 bits per heavy atom. The second-order valence-electron chi connectivity index (χ2n) is 3.91. The molecule has 0 radical (unpaired) electrons. The fourth-order valence-electron chi connectivity index (χ4n) is 1.41. The molecular formula is C12H14O2S. The third kappa shape index (κ3) is 3.27. The van der Waals surface area contributed by atoms with Gasteiger partial charge in [-0.1, -0.05) is 12.8 Å². The average molecular weight is 222 g/mol. The van der Waals surface area contributed by atoms with Crippen LogP contribution >= 0.6 is 12.6 Å². The largest absolute Gasteiger partial charge is 0.462 e. The molecule has 0 atom stereocenters. The van der Waals surface area contributed by atoms with Crippen LogP contribution in [-0.2, 0) is 4.74 Å². The van der Waals surface area contributed by atoms with Gasteiger partial charge in [0.1, 0.15) is 0 Å². The van der Waals surface area contributed by atoms with E-state index < -0.39 is 0 Å². The molecule has 0 saturated heterocycles. The lowest BCUT2D eigenvalue weighted by Gasteiger charge is -2.03. The summed E-state index contributed by atoms with van der Waals surface area (Å²) in [4.78, 5) is 12.4. The van der Waals surface area contributed by atoms with Crippen molar-refractivity contribution in [2.75, 3.05) is 6.61 Å². The second kappa shape index (κ2) is 4.71. The Morgan fingerprint density at radius 1 is 1.33 bits per heavy atom. The van der Waals surface area contributed by atoms with Gasteiger partial charge in [-0.2, -0.15) is 0 Å². The zero-order valence-corrected chi connectivity index (χ0v) is 9.37. The minimum atomic E-state index is -0.232. The third-order valence-electron chi connectivity index (χ3n) is 2.56. The third-order valence-corrected chi connectivity index (χ3v) is 2.86. The minimum Gasteiger partial charge on any atom is -0.462 e. The molecule has 1 aromatic carbocycles. The van der Waals surface area contributed by atoms with Gasteiger partial charge in [0.15, 0.2) is 0 Å². The number of hydrogen-bond donors (Lipinski definition) is 1. The summed E-state index contributed by atoms with van der Waals surface area (Å²) in [5.41, 5.74) is 0.601. The number of ether oxygens (including phenoxy) is 1. The summed E-state index contributed by atoms with van der Waals surface area (Å²) < 4.78 is 5.15. The summed E-state index contributed by atoms with van der Waals surface area (Å²) in [6.07, 6.45) is 3.61. The normalized spacial score (nSPS) is 15.0. The number of esters is 1. The number of carbonyl (C=O) groups is 1. The molecule has 1 saturated carbocycles. The van der Waals surface area contributed by atoms with Gasteiger partial charge in [0, 0.05) is 4.90 Å². The van der Waals surface area contributed by atoms with Crippen LogP contribution in [0.5, 0.6) is 0 Å². The zero-order chi connectivity index (χ0) is 10.7. The van der Waals surface area contributed by atoms with Crippen molar-refractivity contribution >= 4 is 18.6 Å². The van der Waals surface area contributed by atoms with Crippen LogP contribution in [0.4, 0.5) is 0 Å². The van der Waals surface area contributed by atoms with Gasteiger partial charge < -0.3 is 4.74 Å². The fourth-order valence-corrected chi connectivity index (χ4v) is 1.55. The van der Waals surface area contributed by atoms with Crippen LogP contribution in [0, 0.1) is 5.92 Å². The van der Waals surface area contributed by atoms with Gasteiger partial charge in [-0.25, -0.2) is 4.79 Å². The number of thiol groups is 1. The van der Waals surface area contributed by atoms with Gasteiger partial charge in [-0.05, 0) is 36.6 Å². The predicted octanol–water partition coefficient (Wildman–Crippen LogP) is 2.93. The van der Waals surface area contributed by atoms with Gasteiger partial charge in [-0.3, -0.25) is 0 Å². The molecule has 0 bridgehead atoms. The lowest BCUT2D eigenvalue weighted by atomic mass is 10.2. The average Bonchev–Trinajstić information content (AvgIpc) is 3.02. The van der Waals surface area contributed by atoms with Crippen molar-refractivity contribution in [3.05, 3.63) is 29.8 Å². The van der Waals surface area contributed by atoms with Crippen LogP contribution in [0.1, 0.15) is 29.6 Å². The van der Waals surface area contributed by atoms with Crippen molar-refractivity contribution in [3.63, 3.8) is 0 Å². The van der Waals surface area contributed by atoms with Gasteiger partial charge >= 0.3 is 5.97 Å². The Hall–Kier alpha value is -0.960. The molecule has 0 N–H and O–H groups in total. The van der Waals surface area contributed by atoms with Crippen LogP contribution < -0.4 is 0 Å². The maximum Gasteiger partial charge on any atom is 0.338 e. The Kier molecular flexibility index (Phi) is 3.31. The lowest BCUT2D eigenvalue weighted by molar-refractivity contribution is 0.0495. The van der Waals surface area contributed by atoms with E-state index in [4.69, 9.17) is 4.74 Å². The molecule has 1 aliphatic rings. The molecule has 1 aromatic rings. The number of hydrogen-bond acceptors (Lipinski definition) is 3. The maximum absolute atomic E-state index is 11.5. The number of benzene rings is 1. The molecule has 3 heteroatoms. The summed E-state index contributed by atoms with van der Waals surface area (Å²) in [6, 6.07) is 7.06.